The van der Waals surface area contributed by atoms with Crippen molar-refractivity contribution in [2.45, 2.75) is 45.0 Å². The van der Waals surface area contributed by atoms with Crippen LogP contribution < -0.4 is 19.8 Å². The lowest BCUT2D eigenvalue weighted by atomic mass is 10.1. The minimum absolute atomic E-state index is 0.0734. The van der Waals surface area contributed by atoms with Crippen molar-refractivity contribution >= 4 is 45.1 Å². The molecule has 1 saturated heterocycles. The van der Waals surface area contributed by atoms with E-state index in [2.05, 4.69) is 15.0 Å². The highest BCUT2D eigenvalue weighted by molar-refractivity contribution is 7.85. The number of fused-ring (bicyclic) bond motifs is 1. The second-order valence-corrected chi connectivity index (χ2v) is 11.3. The smallest absolute Gasteiger partial charge is 0.362 e. The summed E-state index contributed by atoms with van der Waals surface area (Å²) in [6.07, 6.45) is -2.88. The van der Waals surface area contributed by atoms with Gasteiger partial charge >= 0.3 is 27.9 Å². The zero-order valence-electron chi connectivity index (χ0n) is 24.8. The highest BCUT2D eigenvalue weighted by Gasteiger charge is 2.53. The van der Waals surface area contributed by atoms with Crippen LogP contribution in [-0.4, -0.2) is 66.1 Å². The van der Waals surface area contributed by atoms with Crippen LogP contribution in [0, 0.1) is 0 Å². The zero-order valence-corrected chi connectivity index (χ0v) is 25.6. The van der Waals surface area contributed by atoms with E-state index in [1.165, 1.54) is 35.4 Å². The van der Waals surface area contributed by atoms with Crippen molar-refractivity contribution in [3.05, 3.63) is 78.4 Å². The third kappa shape index (κ3) is 8.15. The number of nitrogen functional groups attached to an aromatic ring is 1. The number of hydrogen-bond acceptors (Lipinski definition) is 15. The molecule has 3 heterocycles. The number of aromatic amines is 1. The molecule has 1 fully saturated rings. The Labute approximate surface area is 266 Å². The average Bonchev–Trinajstić information content (AvgIpc) is 3.63. The first kappa shape index (κ1) is 33.2. The first-order valence-electron chi connectivity index (χ1n) is 13.8. The van der Waals surface area contributed by atoms with Gasteiger partial charge in [-0.3, -0.25) is 23.7 Å². The van der Waals surface area contributed by atoms with E-state index in [0.717, 1.165) is 19.4 Å². The lowest BCUT2D eigenvalue weighted by Gasteiger charge is -2.20. The summed E-state index contributed by atoms with van der Waals surface area (Å²) in [4.78, 5) is 67.1. The van der Waals surface area contributed by atoms with Crippen LogP contribution in [0.4, 0.5) is 5.82 Å². The van der Waals surface area contributed by atoms with Crippen molar-refractivity contribution in [3.8, 4) is 5.75 Å². The molecule has 19 heteroatoms. The first-order valence-corrected chi connectivity index (χ1v) is 15.2. The number of carbonyl (C=O) groups is 3. The molecule has 4 aromatic rings. The molecular weight excluding hydrogens is 644 g/mol. The van der Waals surface area contributed by atoms with Crippen LogP contribution in [0.5, 0.6) is 5.75 Å². The van der Waals surface area contributed by atoms with Crippen LogP contribution in [0.3, 0.4) is 0 Å². The van der Waals surface area contributed by atoms with Gasteiger partial charge in [-0.15, -0.1) is 0 Å². The number of para-hydroxylation sites is 1. The van der Waals surface area contributed by atoms with Gasteiger partial charge in [0, 0.05) is 13.8 Å². The fourth-order valence-electron chi connectivity index (χ4n) is 4.51. The fraction of sp³-hybridized carbons (Fsp3) is 0.286. The summed E-state index contributed by atoms with van der Waals surface area (Å²) >= 11 is 0. The van der Waals surface area contributed by atoms with E-state index in [4.69, 9.17) is 38.9 Å². The van der Waals surface area contributed by atoms with Crippen molar-refractivity contribution in [2.75, 3.05) is 12.3 Å². The Morgan fingerprint density at radius 1 is 0.979 bits per heavy atom. The van der Waals surface area contributed by atoms with Gasteiger partial charge in [0.15, 0.2) is 30.7 Å². The van der Waals surface area contributed by atoms with Crippen molar-refractivity contribution in [2.24, 2.45) is 0 Å². The molecule has 0 bridgehead atoms. The fourth-order valence-corrected chi connectivity index (χ4v) is 5.22. The molecule has 248 valence electrons. The van der Waals surface area contributed by atoms with E-state index < -0.39 is 59.3 Å². The Morgan fingerprint density at radius 3 is 2.38 bits per heavy atom. The molecule has 4 atom stereocenters. The van der Waals surface area contributed by atoms with E-state index >= 15 is 0 Å². The average molecular weight is 674 g/mol. The van der Waals surface area contributed by atoms with Crippen molar-refractivity contribution in [1.29, 1.82) is 0 Å². The number of carbonyl (C=O) groups excluding carboxylic acids is 3. The van der Waals surface area contributed by atoms with Gasteiger partial charge in [-0.25, -0.2) is 18.9 Å². The molecule has 0 spiro atoms. The summed E-state index contributed by atoms with van der Waals surface area (Å²) in [5, 5.41) is 0. The van der Waals surface area contributed by atoms with Crippen LogP contribution >= 0.6 is 0 Å². The van der Waals surface area contributed by atoms with Gasteiger partial charge in [-0.1, -0.05) is 47.4 Å². The predicted octanol–water partition coefficient (Wildman–Crippen LogP) is 0.722. The Balaban J connectivity index is 1.33. The number of anilines is 1. The number of nitrogens with two attached hydrogens (primary N) is 1. The van der Waals surface area contributed by atoms with Crippen LogP contribution in [0.25, 0.3) is 11.2 Å². The number of nitrogens with zero attached hydrogens (tertiary/aromatic N) is 3. The number of ether oxygens (including phenoxy) is 2. The number of nitrogens with one attached hydrogen (secondary N) is 2. The number of amides is 1. The second-order valence-electron chi connectivity index (χ2n) is 9.92. The van der Waals surface area contributed by atoms with Crippen LogP contribution in [0.15, 0.2) is 67.3 Å². The molecule has 2 aromatic heterocycles. The number of benzene rings is 2. The largest absolute Gasteiger partial charge is 0.488 e. The van der Waals surface area contributed by atoms with Gasteiger partial charge in [0.2, 0.25) is 11.7 Å². The van der Waals surface area contributed by atoms with E-state index in [1.807, 2.05) is 35.1 Å². The van der Waals surface area contributed by atoms with Gasteiger partial charge in [0.05, 0.1) is 12.2 Å². The molecule has 1 aliphatic rings. The molecule has 47 heavy (non-hydrogen) atoms. The molecule has 0 unspecified atom stereocenters. The third-order valence-corrected chi connectivity index (χ3v) is 7.42. The summed E-state index contributed by atoms with van der Waals surface area (Å²) in [7, 11) is -4.78. The summed E-state index contributed by atoms with van der Waals surface area (Å²) in [6.45, 7) is 1.45. The van der Waals surface area contributed by atoms with Crippen molar-refractivity contribution in [3.63, 3.8) is 0 Å². The van der Waals surface area contributed by atoms with E-state index in [1.54, 1.807) is 6.07 Å². The van der Waals surface area contributed by atoms with Gasteiger partial charge in [0.25, 0.3) is 5.91 Å². The van der Waals surface area contributed by atoms with Gasteiger partial charge in [-0.05, 0) is 17.7 Å². The van der Waals surface area contributed by atoms with E-state index in [0.29, 0.717) is 5.52 Å². The molecular formula is C28H29N6O12S+. The van der Waals surface area contributed by atoms with Gasteiger partial charge in [-0.2, -0.15) is 23.2 Å². The maximum atomic E-state index is 13.0. The molecule has 0 saturated carbocycles. The summed E-state index contributed by atoms with van der Waals surface area (Å²) < 4.78 is 45.9. The van der Waals surface area contributed by atoms with Crippen molar-refractivity contribution in [1.82, 2.24) is 19.7 Å². The van der Waals surface area contributed by atoms with Crippen LogP contribution in [-0.2, 0) is 55.0 Å². The first-order chi connectivity index (χ1) is 22.5. The van der Waals surface area contributed by atoms with Gasteiger partial charge < -0.3 is 15.2 Å². The highest BCUT2D eigenvalue weighted by Crippen LogP contribution is 2.32. The van der Waals surface area contributed by atoms with Gasteiger partial charge in [0.1, 0.15) is 18.5 Å². The molecule has 5 rings (SSSR count). The molecule has 0 aliphatic carbocycles. The lowest BCUT2D eigenvalue weighted by molar-refractivity contribution is -0.749. The summed E-state index contributed by atoms with van der Waals surface area (Å²) in [6, 6.07) is 15.2. The summed E-state index contributed by atoms with van der Waals surface area (Å²) in [5.41, 5.74) is 7.21. The number of H-pyrrole nitrogens is 1. The van der Waals surface area contributed by atoms with Crippen molar-refractivity contribution < 1.29 is 60.6 Å². The number of imidazole rings is 1. The quantitative estimate of drug-likeness (QED) is 0.101. The third-order valence-electron chi connectivity index (χ3n) is 6.54. The van der Waals surface area contributed by atoms with E-state index in [-0.39, 0.29) is 29.4 Å². The SMILES string of the molecule is CC(=O)OO[C@@H]1[C@H](OOC(C)=O)[C@@H](COS(=O)(=O)NC(=O)c2ccccc2OCc2ccccc2)O[C@H]1[n+]1c[nH]c2c(N)ncnc21. The maximum Gasteiger partial charge on any atom is 0.362 e. The Hall–Kier alpha value is -5.21. The molecule has 0 radical (unpaired) electrons. The Kier molecular flexibility index (Phi) is 10.2. The number of hydrogen-bond donors (Lipinski definition) is 3. The normalized spacial score (nSPS) is 19.3. The standard InChI is InChI=1S/C28H28N6O12S/c1-16(35)43-45-23-21(42-28(24(23)46-44-17(2)36)34-15-32-22-25(29)30-14-31-26(22)34)13-41-47(38,39)33-27(37)19-10-6-7-11-20(19)40-12-18-8-4-3-5-9-18/h3-11,14-15,21,23-24,28H,12-13H2,1-2H3,(H3,29,30,31,33,37)/p+1/t21-,23-,24-,28-/m1/s1. The second kappa shape index (κ2) is 14.5. The highest BCUT2D eigenvalue weighted by atomic mass is 32.2. The molecule has 18 nitrogen and oxygen atoms in total. The number of rotatable bonds is 13. The summed E-state index contributed by atoms with van der Waals surface area (Å²) in [5.74, 6) is -2.51. The predicted molar refractivity (Wildman–Crippen MR) is 155 cm³/mol. The number of aromatic nitrogens is 4. The maximum absolute atomic E-state index is 13.0. The van der Waals surface area contributed by atoms with Crippen LogP contribution in [0.2, 0.25) is 0 Å². The Morgan fingerprint density at radius 2 is 1.66 bits per heavy atom. The molecule has 2 aromatic carbocycles. The molecule has 4 N–H and O–H groups in total. The Bertz CT molecular complexity index is 1850. The zero-order chi connectivity index (χ0) is 33.6. The monoisotopic (exact) mass is 673 g/mol. The molecule has 1 amide bonds. The minimum Gasteiger partial charge on any atom is -0.488 e. The lowest BCUT2D eigenvalue weighted by Crippen LogP contribution is -2.47. The topological polar surface area (TPSA) is 233 Å². The minimum atomic E-state index is -4.78. The van der Waals surface area contributed by atoms with Crippen LogP contribution in [0.1, 0.15) is 36.0 Å². The van der Waals surface area contributed by atoms with E-state index in [9.17, 15) is 22.8 Å². The molecule has 1 aliphatic heterocycles.